The molecule has 6 heteroatoms. The number of carbonyl (C=O) groups is 3. The van der Waals surface area contributed by atoms with Crippen molar-refractivity contribution in [2.45, 2.75) is 19.9 Å². The van der Waals surface area contributed by atoms with Gasteiger partial charge in [0.2, 0.25) is 0 Å². The molecule has 130 valence electrons. The van der Waals surface area contributed by atoms with Crippen LogP contribution in [0.3, 0.4) is 0 Å². The molecule has 26 heavy (non-hydrogen) atoms. The van der Waals surface area contributed by atoms with Crippen LogP contribution in [-0.2, 0) is 16.2 Å². The summed E-state index contributed by atoms with van der Waals surface area (Å²) in [6.07, 6.45) is 1.95. The second-order valence-corrected chi connectivity index (χ2v) is 6.23. The third-order valence-corrected chi connectivity index (χ3v) is 4.43. The predicted octanol–water partition coefficient (Wildman–Crippen LogP) is 3.09. The number of aryl methyl sites for hydroxylation is 2. The van der Waals surface area contributed by atoms with Crippen molar-refractivity contribution in [2.75, 3.05) is 0 Å². The summed E-state index contributed by atoms with van der Waals surface area (Å²) in [5, 5.41) is 1.64. The summed E-state index contributed by atoms with van der Waals surface area (Å²) in [6, 6.07) is 14.5. The molecule has 4 rings (SSSR count). The van der Waals surface area contributed by atoms with E-state index in [1.54, 1.807) is 12.1 Å². The molecular formula is C20H16N2O4. The van der Waals surface area contributed by atoms with E-state index in [-0.39, 0.29) is 17.5 Å². The quantitative estimate of drug-likeness (QED) is 0.680. The number of imide groups is 1. The molecule has 2 heterocycles. The summed E-state index contributed by atoms with van der Waals surface area (Å²) in [4.78, 5) is 41.6. The highest BCUT2D eigenvalue weighted by Crippen LogP contribution is 2.23. The number of amides is 2. The Bertz CT molecular complexity index is 1020. The van der Waals surface area contributed by atoms with Crippen molar-refractivity contribution in [3.05, 3.63) is 71.4 Å². The Morgan fingerprint density at radius 1 is 1.00 bits per heavy atom. The Morgan fingerprint density at radius 2 is 1.69 bits per heavy atom. The topological polar surface area (TPSA) is 68.6 Å². The Morgan fingerprint density at radius 3 is 2.38 bits per heavy atom. The minimum atomic E-state index is -0.631. The second-order valence-electron chi connectivity index (χ2n) is 6.23. The molecule has 0 N–H and O–H groups in total. The molecule has 0 spiro atoms. The van der Waals surface area contributed by atoms with Crippen molar-refractivity contribution in [2.24, 2.45) is 0 Å². The zero-order valence-corrected chi connectivity index (χ0v) is 14.1. The van der Waals surface area contributed by atoms with Crippen molar-refractivity contribution >= 4 is 28.7 Å². The molecule has 2 amide bonds. The van der Waals surface area contributed by atoms with E-state index >= 15 is 0 Å². The lowest BCUT2D eigenvalue weighted by Gasteiger charge is -2.13. The summed E-state index contributed by atoms with van der Waals surface area (Å²) in [7, 11) is 0. The summed E-state index contributed by atoms with van der Waals surface area (Å²) in [5.74, 6) is -1.85. The molecule has 1 aliphatic heterocycles. The zero-order valence-electron chi connectivity index (χ0n) is 14.1. The van der Waals surface area contributed by atoms with Crippen LogP contribution in [0.5, 0.6) is 0 Å². The van der Waals surface area contributed by atoms with Crippen LogP contribution in [0.1, 0.15) is 32.7 Å². The first-order valence-corrected chi connectivity index (χ1v) is 8.29. The number of aromatic nitrogens is 1. The molecule has 3 aromatic rings. The van der Waals surface area contributed by atoms with Gasteiger partial charge in [-0.3, -0.25) is 9.59 Å². The fraction of sp³-hybridized carbons (Fsp3) is 0.150. The maximum absolute atomic E-state index is 12.2. The molecule has 0 unspecified atom stereocenters. The average Bonchev–Trinajstić information content (AvgIpc) is 3.14. The normalized spacial score (nSPS) is 13.3. The monoisotopic (exact) mass is 348 g/mol. The first-order valence-electron chi connectivity index (χ1n) is 8.29. The van der Waals surface area contributed by atoms with Gasteiger partial charge in [-0.05, 0) is 42.6 Å². The number of hydrogen-bond donors (Lipinski definition) is 0. The summed E-state index contributed by atoms with van der Waals surface area (Å²) in [5.41, 5.74) is 2.68. The van der Waals surface area contributed by atoms with Crippen LogP contribution in [0.2, 0.25) is 0 Å². The molecule has 0 aliphatic carbocycles. The van der Waals surface area contributed by atoms with E-state index in [1.807, 2.05) is 35.9 Å². The van der Waals surface area contributed by atoms with Gasteiger partial charge in [-0.25, -0.2) is 4.79 Å². The van der Waals surface area contributed by atoms with Gasteiger partial charge in [0.05, 0.1) is 17.5 Å². The number of benzene rings is 2. The SMILES string of the molecule is Cc1ccc2c(ccn2CCC(=O)ON2C(=O)c3ccccc3C2=O)c1. The predicted molar refractivity (Wildman–Crippen MR) is 94.3 cm³/mol. The fourth-order valence-electron chi connectivity index (χ4n) is 3.12. The first-order chi connectivity index (χ1) is 12.5. The third-order valence-electron chi connectivity index (χ3n) is 4.43. The van der Waals surface area contributed by atoms with Crippen LogP contribution in [0, 0.1) is 6.92 Å². The molecule has 0 saturated carbocycles. The molecular weight excluding hydrogens is 332 g/mol. The van der Waals surface area contributed by atoms with Crippen LogP contribution >= 0.6 is 0 Å². The number of nitrogens with zero attached hydrogens (tertiary/aromatic N) is 2. The van der Waals surface area contributed by atoms with Crippen LogP contribution in [0.15, 0.2) is 54.7 Å². The Kier molecular flexibility index (Phi) is 3.80. The van der Waals surface area contributed by atoms with Gasteiger partial charge in [-0.15, -0.1) is 0 Å². The van der Waals surface area contributed by atoms with Crippen LogP contribution in [0.25, 0.3) is 10.9 Å². The summed E-state index contributed by atoms with van der Waals surface area (Å²) >= 11 is 0. The smallest absolute Gasteiger partial charge is 0.335 e. The number of carbonyl (C=O) groups excluding carboxylic acids is 3. The molecule has 0 radical (unpaired) electrons. The average molecular weight is 348 g/mol. The van der Waals surface area contributed by atoms with Gasteiger partial charge in [0, 0.05) is 18.3 Å². The van der Waals surface area contributed by atoms with E-state index in [9.17, 15) is 14.4 Å². The van der Waals surface area contributed by atoms with E-state index in [1.165, 1.54) is 17.7 Å². The number of hydrogen-bond acceptors (Lipinski definition) is 4. The molecule has 6 nitrogen and oxygen atoms in total. The van der Waals surface area contributed by atoms with Gasteiger partial charge in [0.1, 0.15) is 0 Å². The summed E-state index contributed by atoms with van der Waals surface area (Å²) < 4.78 is 1.94. The Hall–Kier alpha value is -3.41. The standard InChI is InChI=1S/C20H16N2O4/c1-13-6-7-17-14(12-13)8-10-21(17)11-9-18(23)26-22-19(24)15-4-2-3-5-16(15)20(22)25/h2-8,10,12H,9,11H2,1H3. The molecule has 0 bridgehead atoms. The van der Waals surface area contributed by atoms with E-state index in [0.717, 1.165) is 10.9 Å². The lowest BCUT2D eigenvalue weighted by molar-refractivity contribution is -0.168. The minimum absolute atomic E-state index is 0.0467. The van der Waals surface area contributed by atoms with Crippen molar-refractivity contribution in [3.8, 4) is 0 Å². The lowest BCUT2D eigenvalue weighted by Crippen LogP contribution is -2.32. The van der Waals surface area contributed by atoms with Crippen LogP contribution in [0.4, 0.5) is 0 Å². The van der Waals surface area contributed by atoms with Crippen molar-refractivity contribution in [3.63, 3.8) is 0 Å². The van der Waals surface area contributed by atoms with E-state index < -0.39 is 17.8 Å². The maximum Gasteiger partial charge on any atom is 0.335 e. The molecule has 0 saturated heterocycles. The van der Waals surface area contributed by atoms with Crippen molar-refractivity contribution in [1.82, 2.24) is 9.63 Å². The van der Waals surface area contributed by atoms with Crippen molar-refractivity contribution in [1.29, 1.82) is 0 Å². The number of rotatable bonds is 4. The molecule has 1 aliphatic rings. The lowest BCUT2D eigenvalue weighted by atomic mass is 10.1. The molecule has 1 aromatic heterocycles. The fourth-order valence-corrected chi connectivity index (χ4v) is 3.12. The number of hydroxylamine groups is 2. The number of fused-ring (bicyclic) bond motifs is 2. The first kappa shape index (κ1) is 16.1. The Balaban J connectivity index is 1.43. The van der Waals surface area contributed by atoms with E-state index in [4.69, 9.17) is 4.84 Å². The van der Waals surface area contributed by atoms with Gasteiger partial charge in [-0.2, -0.15) is 0 Å². The Labute approximate surface area is 149 Å². The minimum Gasteiger partial charge on any atom is -0.347 e. The second kappa shape index (κ2) is 6.15. The highest BCUT2D eigenvalue weighted by molar-refractivity contribution is 6.20. The van der Waals surface area contributed by atoms with Gasteiger partial charge < -0.3 is 9.40 Å². The highest BCUT2D eigenvalue weighted by atomic mass is 16.7. The van der Waals surface area contributed by atoms with Crippen LogP contribution in [-0.4, -0.2) is 27.4 Å². The molecule has 0 fully saturated rings. The van der Waals surface area contributed by atoms with Gasteiger partial charge >= 0.3 is 5.97 Å². The zero-order chi connectivity index (χ0) is 18.3. The maximum atomic E-state index is 12.2. The highest BCUT2D eigenvalue weighted by Gasteiger charge is 2.38. The molecule has 2 aromatic carbocycles. The van der Waals surface area contributed by atoms with Gasteiger partial charge in [0.15, 0.2) is 0 Å². The molecule has 0 atom stereocenters. The van der Waals surface area contributed by atoms with Crippen LogP contribution < -0.4 is 0 Å². The van der Waals surface area contributed by atoms with E-state index in [0.29, 0.717) is 11.6 Å². The van der Waals surface area contributed by atoms with E-state index in [2.05, 4.69) is 6.07 Å². The van der Waals surface area contributed by atoms with Crippen molar-refractivity contribution < 1.29 is 19.2 Å². The van der Waals surface area contributed by atoms with Gasteiger partial charge in [-0.1, -0.05) is 28.8 Å². The largest absolute Gasteiger partial charge is 0.347 e. The van der Waals surface area contributed by atoms with Gasteiger partial charge in [0.25, 0.3) is 11.8 Å². The summed E-state index contributed by atoms with van der Waals surface area (Å²) in [6.45, 7) is 2.42. The third kappa shape index (κ3) is 2.65.